The van der Waals surface area contributed by atoms with E-state index < -0.39 is 0 Å². The van der Waals surface area contributed by atoms with Gasteiger partial charge in [0.1, 0.15) is 0 Å². The van der Waals surface area contributed by atoms with Gasteiger partial charge < -0.3 is 9.88 Å². The standard InChI is InChI=1S/C17H20N2O/c1-10-4-5-14-13(8-10)12-6-7-19-15(20)9-11(2)17(19,3)16(12)18-14/h4-5,8,11,18H,6-7,9H2,1-3H3/t11-,17-/m1/s1. The van der Waals surface area contributed by atoms with Gasteiger partial charge in [-0.15, -0.1) is 0 Å². The second-order valence-electron chi connectivity index (χ2n) is 6.58. The molecule has 3 heteroatoms. The van der Waals surface area contributed by atoms with E-state index in [0.717, 1.165) is 13.0 Å². The summed E-state index contributed by atoms with van der Waals surface area (Å²) in [5.74, 6) is 0.670. The number of carbonyl (C=O) groups is 1. The van der Waals surface area contributed by atoms with Crippen molar-refractivity contribution in [2.24, 2.45) is 5.92 Å². The van der Waals surface area contributed by atoms with Crippen molar-refractivity contribution in [3.05, 3.63) is 35.0 Å². The van der Waals surface area contributed by atoms with Crippen LogP contribution < -0.4 is 0 Å². The van der Waals surface area contributed by atoms with Crippen molar-refractivity contribution in [3.63, 3.8) is 0 Å². The number of aromatic nitrogens is 1. The average Bonchev–Trinajstić information content (AvgIpc) is 2.87. The molecule has 1 fully saturated rings. The van der Waals surface area contributed by atoms with Crippen LogP contribution in [0.4, 0.5) is 0 Å². The Labute approximate surface area is 119 Å². The van der Waals surface area contributed by atoms with E-state index in [-0.39, 0.29) is 5.54 Å². The van der Waals surface area contributed by atoms with E-state index >= 15 is 0 Å². The maximum Gasteiger partial charge on any atom is 0.223 e. The first-order chi connectivity index (χ1) is 9.51. The van der Waals surface area contributed by atoms with Crippen molar-refractivity contribution in [2.75, 3.05) is 6.54 Å². The predicted molar refractivity (Wildman–Crippen MR) is 79.6 cm³/mol. The highest BCUT2D eigenvalue weighted by atomic mass is 16.2. The fourth-order valence-electron chi connectivity index (χ4n) is 4.11. The molecule has 3 heterocycles. The van der Waals surface area contributed by atoms with Crippen LogP contribution in [0.5, 0.6) is 0 Å². The SMILES string of the molecule is Cc1ccc2[nH]c3c(c2c1)CCN1C(=O)C[C@@H](C)[C@]31C. The molecule has 0 bridgehead atoms. The van der Waals surface area contributed by atoms with Gasteiger partial charge in [-0.2, -0.15) is 0 Å². The number of nitrogens with zero attached hydrogens (tertiary/aromatic N) is 1. The molecule has 4 rings (SSSR count). The smallest absolute Gasteiger partial charge is 0.223 e. The summed E-state index contributed by atoms with van der Waals surface area (Å²) in [6.07, 6.45) is 1.64. The van der Waals surface area contributed by atoms with Crippen LogP contribution in [0.2, 0.25) is 0 Å². The number of nitrogens with one attached hydrogen (secondary N) is 1. The van der Waals surface area contributed by atoms with Crippen LogP contribution in [-0.4, -0.2) is 22.3 Å². The molecular weight excluding hydrogens is 248 g/mol. The highest BCUT2D eigenvalue weighted by Gasteiger charge is 2.52. The van der Waals surface area contributed by atoms with Crippen molar-refractivity contribution < 1.29 is 4.79 Å². The van der Waals surface area contributed by atoms with Gasteiger partial charge in [-0.1, -0.05) is 18.6 Å². The van der Waals surface area contributed by atoms with Crippen LogP contribution in [-0.2, 0) is 16.8 Å². The minimum absolute atomic E-state index is 0.155. The number of benzene rings is 1. The first-order valence-corrected chi connectivity index (χ1v) is 7.44. The van der Waals surface area contributed by atoms with E-state index in [2.05, 4.69) is 48.9 Å². The van der Waals surface area contributed by atoms with Gasteiger partial charge in [-0.25, -0.2) is 0 Å². The summed E-state index contributed by atoms with van der Waals surface area (Å²) in [4.78, 5) is 17.9. The van der Waals surface area contributed by atoms with Crippen LogP contribution in [0, 0.1) is 12.8 Å². The Bertz CT molecular complexity index is 730. The zero-order valence-corrected chi connectivity index (χ0v) is 12.3. The molecule has 1 N–H and O–H groups in total. The molecule has 1 aromatic carbocycles. The molecule has 0 radical (unpaired) electrons. The van der Waals surface area contributed by atoms with Crippen LogP contribution in [0.3, 0.4) is 0 Å². The Kier molecular flexibility index (Phi) is 2.20. The Balaban J connectivity index is 2.01. The zero-order valence-electron chi connectivity index (χ0n) is 12.3. The maximum atomic E-state index is 12.2. The van der Waals surface area contributed by atoms with Crippen LogP contribution in [0.25, 0.3) is 10.9 Å². The fourth-order valence-corrected chi connectivity index (χ4v) is 4.11. The third kappa shape index (κ3) is 1.28. The molecule has 1 aromatic heterocycles. The number of H-pyrrole nitrogens is 1. The van der Waals surface area contributed by atoms with Crippen LogP contribution >= 0.6 is 0 Å². The first-order valence-electron chi connectivity index (χ1n) is 7.44. The lowest BCUT2D eigenvalue weighted by molar-refractivity contribution is -0.131. The third-order valence-corrected chi connectivity index (χ3v) is 5.46. The Morgan fingerprint density at radius 3 is 3.00 bits per heavy atom. The molecule has 20 heavy (non-hydrogen) atoms. The number of amides is 1. The van der Waals surface area contributed by atoms with E-state index in [1.807, 2.05) is 0 Å². The number of hydrogen-bond acceptors (Lipinski definition) is 1. The van der Waals surface area contributed by atoms with Crippen molar-refractivity contribution in [3.8, 4) is 0 Å². The normalized spacial score (nSPS) is 28.9. The quantitative estimate of drug-likeness (QED) is 0.783. The number of aromatic amines is 1. The number of carbonyl (C=O) groups excluding carboxylic acids is 1. The molecule has 1 amide bonds. The maximum absolute atomic E-state index is 12.2. The molecule has 0 saturated carbocycles. The van der Waals surface area contributed by atoms with Crippen LogP contribution in [0.15, 0.2) is 18.2 Å². The number of fused-ring (bicyclic) bond motifs is 5. The minimum atomic E-state index is -0.155. The van der Waals surface area contributed by atoms with E-state index in [9.17, 15) is 4.79 Å². The van der Waals surface area contributed by atoms with Gasteiger partial charge in [0.15, 0.2) is 0 Å². The minimum Gasteiger partial charge on any atom is -0.356 e. The molecular formula is C17H20N2O. The monoisotopic (exact) mass is 268 g/mol. The molecule has 0 unspecified atom stereocenters. The van der Waals surface area contributed by atoms with E-state index in [4.69, 9.17) is 0 Å². The van der Waals surface area contributed by atoms with E-state index in [1.165, 1.54) is 27.7 Å². The molecule has 2 atom stereocenters. The lowest BCUT2D eigenvalue weighted by atomic mass is 9.80. The number of aryl methyl sites for hydroxylation is 1. The summed E-state index contributed by atoms with van der Waals surface area (Å²) < 4.78 is 0. The summed E-state index contributed by atoms with van der Waals surface area (Å²) in [6.45, 7) is 7.41. The molecule has 0 spiro atoms. The second-order valence-corrected chi connectivity index (χ2v) is 6.58. The number of hydrogen-bond donors (Lipinski definition) is 1. The summed E-state index contributed by atoms with van der Waals surface area (Å²) >= 11 is 0. The highest BCUT2D eigenvalue weighted by molar-refractivity contribution is 5.88. The molecule has 2 aliphatic heterocycles. The van der Waals surface area contributed by atoms with Gasteiger partial charge >= 0.3 is 0 Å². The Morgan fingerprint density at radius 2 is 2.20 bits per heavy atom. The lowest BCUT2D eigenvalue weighted by Gasteiger charge is -2.42. The molecule has 104 valence electrons. The number of rotatable bonds is 0. The summed E-state index contributed by atoms with van der Waals surface area (Å²) in [5.41, 5.74) is 5.03. The fraction of sp³-hybridized carbons (Fsp3) is 0.471. The van der Waals surface area contributed by atoms with Crippen molar-refractivity contribution in [1.82, 2.24) is 9.88 Å². The molecule has 3 nitrogen and oxygen atoms in total. The van der Waals surface area contributed by atoms with Crippen molar-refractivity contribution in [2.45, 2.75) is 39.2 Å². The van der Waals surface area contributed by atoms with Crippen molar-refractivity contribution >= 4 is 16.8 Å². The largest absolute Gasteiger partial charge is 0.356 e. The predicted octanol–water partition coefficient (Wildman–Crippen LogP) is 3.12. The summed E-state index contributed by atoms with van der Waals surface area (Å²) in [6, 6.07) is 6.58. The highest BCUT2D eigenvalue weighted by Crippen LogP contribution is 2.48. The molecule has 1 saturated heterocycles. The average molecular weight is 268 g/mol. The Morgan fingerprint density at radius 1 is 1.40 bits per heavy atom. The topological polar surface area (TPSA) is 36.1 Å². The van der Waals surface area contributed by atoms with Crippen molar-refractivity contribution in [1.29, 1.82) is 0 Å². The molecule has 2 aliphatic rings. The summed E-state index contributed by atoms with van der Waals surface area (Å²) in [7, 11) is 0. The van der Waals surface area contributed by atoms with E-state index in [0.29, 0.717) is 18.2 Å². The first kappa shape index (κ1) is 12.0. The van der Waals surface area contributed by atoms with Crippen LogP contribution in [0.1, 0.15) is 37.1 Å². The molecule has 2 aromatic rings. The van der Waals surface area contributed by atoms with Gasteiger partial charge in [0.2, 0.25) is 5.91 Å². The second kappa shape index (κ2) is 3.66. The van der Waals surface area contributed by atoms with Gasteiger partial charge in [0.25, 0.3) is 0 Å². The van der Waals surface area contributed by atoms with Gasteiger partial charge in [0, 0.05) is 29.6 Å². The van der Waals surface area contributed by atoms with E-state index in [1.54, 1.807) is 0 Å². The summed E-state index contributed by atoms with van der Waals surface area (Å²) in [5, 5.41) is 1.34. The third-order valence-electron chi connectivity index (χ3n) is 5.46. The molecule has 0 aliphatic carbocycles. The lowest BCUT2D eigenvalue weighted by Crippen LogP contribution is -2.48. The van der Waals surface area contributed by atoms with Gasteiger partial charge in [-0.05, 0) is 43.9 Å². The Hall–Kier alpha value is -1.77. The van der Waals surface area contributed by atoms with Gasteiger partial charge in [0.05, 0.1) is 5.54 Å². The zero-order chi connectivity index (χ0) is 14.1. The van der Waals surface area contributed by atoms with Gasteiger partial charge in [-0.3, -0.25) is 4.79 Å².